The Morgan fingerprint density at radius 1 is 0.600 bits per heavy atom. The molecule has 0 radical (unpaired) electrons. The summed E-state index contributed by atoms with van der Waals surface area (Å²) in [4.78, 5) is 0. The van der Waals surface area contributed by atoms with Crippen LogP contribution in [0.2, 0.25) is 0 Å². The maximum absolute atomic E-state index is 6.01. The fourth-order valence-corrected chi connectivity index (χ4v) is 5.10. The summed E-state index contributed by atoms with van der Waals surface area (Å²) in [5.41, 5.74) is 10.3. The summed E-state index contributed by atoms with van der Waals surface area (Å²) >= 11 is 3.61. The Hall–Kier alpha value is -3.88. The fraction of sp³-hybridized carbons (Fsp3) is 0.0303. The van der Waals surface area contributed by atoms with Crippen molar-refractivity contribution in [2.45, 2.75) is 6.92 Å². The average molecular weight is 515 g/mol. The predicted octanol–water partition coefficient (Wildman–Crippen LogP) is 10.2. The van der Waals surface area contributed by atoms with Crippen molar-refractivity contribution >= 4 is 50.0 Å². The van der Waals surface area contributed by atoms with Gasteiger partial charge in [0.25, 0.3) is 0 Å². The Morgan fingerprint density at radius 3 is 2.29 bits per heavy atom. The highest BCUT2D eigenvalue weighted by Crippen LogP contribution is 2.34. The van der Waals surface area contributed by atoms with E-state index in [0.29, 0.717) is 0 Å². The van der Waals surface area contributed by atoms with E-state index in [4.69, 9.17) is 4.42 Å². The van der Waals surface area contributed by atoms with Crippen molar-refractivity contribution in [3.63, 3.8) is 0 Å². The Kier molecular flexibility index (Phi) is 5.60. The van der Waals surface area contributed by atoms with E-state index in [2.05, 4.69) is 132 Å². The van der Waals surface area contributed by atoms with Crippen LogP contribution >= 0.6 is 15.9 Å². The van der Waals surface area contributed by atoms with Crippen LogP contribution in [0.3, 0.4) is 0 Å². The summed E-state index contributed by atoms with van der Waals surface area (Å²) in [7, 11) is 0. The number of rotatable bonds is 4. The number of furan rings is 1. The molecule has 0 N–H and O–H groups in total. The molecule has 1 nitrogen and oxygen atoms in total. The molecule has 0 fully saturated rings. The number of hydrogen-bond donors (Lipinski definition) is 0. The van der Waals surface area contributed by atoms with Gasteiger partial charge in [-0.3, -0.25) is 0 Å². The molecule has 0 bridgehead atoms. The van der Waals surface area contributed by atoms with Crippen molar-refractivity contribution < 1.29 is 4.42 Å². The minimum absolute atomic E-state index is 0.917. The largest absolute Gasteiger partial charge is 0.456 e. The summed E-state index contributed by atoms with van der Waals surface area (Å²) in [6, 6.07) is 38.4. The summed E-state index contributed by atoms with van der Waals surface area (Å²) < 4.78 is 7.09. The zero-order valence-electron chi connectivity index (χ0n) is 19.3. The topological polar surface area (TPSA) is 13.1 Å². The van der Waals surface area contributed by atoms with Crippen molar-refractivity contribution in [2.75, 3.05) is 0 Å². The second-order valence-corrected chi connectivity index (χ2v) is 9.73. The first-order chi connectivity index (χ1) is 17.2. The van der Waals surface area contributed by atoms with E-state index in [1.54, 1.807) is 0 Å². The quantitative estimate of drug-likeness (QED) is 0.213. The van der Waals surface area contributed by atoms with Crippen LogP contribution in [0, 0.1) is 6.92 Å². The smallest absolute Gasteiger partial charge is 0.135 e. The van der Waals surface area contributed by atoms with Crippen molar-refractivity contribution in [3.05, 3.63) is 130 Å². The van der Waals surface area contributed by atoms with Gasteiger partial charge in [0.05, 0.1) is 0 Å². The van der Waals surface area contributed by atoms with E-state index < -0.39 is 0 Å². The number of para-hydroxylation sites is 1. The van der Waals surface area contributed by atoms with Crippen LogP contribution in [0.5, 0.6) is 0 Å². The highest BCUT2D eigenvalue weighted by Gasteiger charge is 2.09. The van der Waals surface area contributed by atoms with E-state index in [1.165, 1.54) is 33.4 Å². The third-order valence-corrected chi connectivity index (χ3v) is 6.99. The SMILES string of the molecule is Cc1ccccc1-c1ccc(-c2cccc(Br)c2)cc1/C=C\c1ccc2oc3ccccc3c2c1. The Morgan fingerprint density at radius 2 is 1.40 bits per heavy atom. The third kappa shape index (κ3) is 4.22. The van der Waals surface area contributed by atoms with Gasteiger partial charge in [0, 0.05) is 15.2 Å². The molecule has 1 heterocycles. The van der Waals surface area contributed by atoms with Gasteiger partial charge in [-0.15, -0.1) is 0 Å². The van der Waals surface area contributed by atoms with Gasteiger partial charge < -0.3 is 4.42 Å². The molecule has 6 rings (SSSR count). The van der Waals surface area contributed by atoms with Gasteiger partial charge in [0.1, 0.15) is 11.2 Å². The molecule has 0 atom stereocenters. The molecule has 0 aliphatic rings. The third-order valence-electron chi connectivity index (χ3n) is 6.50. The van der Waals surface area contributed by atoms with Crippen LogP contribution in [0.15, 0.2) is 118 Å². The first-order valence-corrected chi connectivity index (χ1v) is 12.5. The first-order valence-electron chi connectivity index (χ1n) is 11.7. The van der Waals surface area contributed by atoms with Gasteiger partial charge in [0.2, 0.25) is 0 Å². The molecule has 168 valence electrons. The molecule has 0 amide bonds. The maximum Gasteiger partial charge on any atom is 0.135 e. The van der Waals surface area contributed by atoms with Gasteiger partial charge in [-0.05, 0) is 82.3 Å². The molecule has 0 aliphatic carbocycles. The zero-order chi connectivity index (χ0) is 23.8. The molecule has 2 heteroatoms. The number of benzene rings is 5. The van der Waals surface area contributed by atoms with Gasteiger partial charge in [0.15, 0.2) is 0 Å². The number of aryl methyl sites for hydroxylation is 1. The van der Waals surface area contributed by atoms with Gasteiger partial charge in [-0.2, -0.15) is 0 Å². The molecule has 0 spiro atoms. The van der Waals surface area contributed by atoms with E-state index in [0.717, 1.165) is 32.0 Å². The van der Waals surface area contributed by atoms with Crippen LogP contribution in [-0.2, 0) is 0 Å². The monoisotopic (exact) mass is 514 g/mol. The molecule has 5 aromatic carbocycles. The summed E-state index contributed by atoms with van der Waals surface area (Å²) in [5.74, 6) is 0. The van der Waals surface area contributed by atoms with Crippen LogP contribution in [0.25, 0.3) is 56.3 Å². The number of halogens is 1. The molecular weight excluding hydrogens is 492 g/mol. The normalized spacial score (nSPS) is 11.6. The second kappa shape index (κ2) is 9.05. The Labute approximate surface area is 213 Å². The van der Waals surface area contributed by atoms with Crippen molar-refractivity contribution in [3.8, 4) is 22.3 Å². The Bertz CT molecular complexity index is 1720. The van der Waals surface area contributed by atoms with Crippen molar-refractivity contribution in [2.24, 2.45) is 0 Å². The van der Waals surface area contributed by atoms with Gasteiger partial charge >= 0.3 is 0 Å². The number of fused-ring (bicyclic) bond motifs is 3. The standard InChI is InChI=1S/C33H23BrO/c1-22-7-2-3-10-28(22)29-17-16-25(24-8-6-9-27(34)21-24)20-26(29)15-13-23-14-18-33-31(19-23)30-11-4-5-12-32(30)35-33/h2-21H,1H3/b15-13-. The molecule has 6 aromatic rings. The summed E-state index contributed by atoms with van der Waals surface area (Å²) in [6.45, 7) is 2.17. The minimum atomic E-state index is 0.917. The highest BCUT2D eigenvalue weighted by molar-refractivity contribution is 9.10. The molecule has 35 heavy (non-hydrogen) atoms. The summed E-state index contributed by atoms with van der Waals surface area (Å²) in [5, 5.41) is 2.29. The second-order valence-electron chi connectivity index (χ2n) is 8.81. The lowest BCUT2D eigenvalue weighted by atomic mass is 9.92. The molecule has 0 unspecified atom stereocenters. The molecule has 0 aliphatic heterocycles. The molecule has 0 saturated carbocycles. The van der Waals surface area contributed by atoms with Crippen molar-refractivity contribution in [1.82, 2.24) is 0 Å². The van der Waals surface area contributed by atoms with Gasteiger partial charge in [-0.1, -0.05) is 101 Å². The van der Waals surface area contributed by atoms with E-state index >= 15 is 0 Å². The van der Waals surface area contributed by atoms with E-state index in [9.17, 15) is 0 Å². The molecular formula is C33H23BrO. The Balaban J connectivity index is 1.47. The summed E-state index contributed by atoms with van der Waals surface area (Å²) in [6.07, 6.45) is 4.43. The maximum atomic E-state index is 6.01. The molecule has 0 saturated heterocycles. The van der Waals surface area contributed by atoms with E-state index in [-0.39, 0.29) is 0 Å². The average Bonchev–Trinajstić information content (AvgIpc) is 3.26. The lowest BCUT2D eigenvalue weighted by Crippen LogP contribution is -1.89. The number of hydrogen-bond acceptors (Lipinski definition) is 1. The predicted molar refractivity (Wildman–Crippen MR) is 152 cm³/mol. The van der Waals surface area contributed by atoms with Crippen molar-refractivity contribution in [1.29, 1.82) is 0 Å². The minimum Gasteiger partial charge on any atom is -0.456 e. The van der Waals surface area contributed by atoms with E-state index in [1.807, 2.05) is 12.1 Å². The van der Waals surface area contributed by atoms with Crippen LogP contribution < -0.4 is 0 Å². The first kappa shape index (κ1) is 21.6. The highest BCUT2D eigenvalue weighted by atomic mass is 79.9. The zero-order valence-corrected chi connectivity index (χ0v) is 20.9. The lowest BCUT2D eigenvalue weighted by molar-refractivity contribution is 0.669. The fourth-order valence-electron chi connectivity index (χ4n) is 4.70. The van der Waals surface area contributed by atoms with Gasteiger partial charge in [-0.25, -0.2) is 0 Å². The van der Waals surface area contributed by atoms with Crippen LogP contribution in [0.1, 0.15) is 16.7 Å². The van der Waals surface area contributed by atoms with Crippen LogP contribution in [-0.4, -0.2) is 0 Å². The molecule has 1 aromatic heterocycles. The van der Waals surface area contributed by atoms with Crippen LogP contribution in [0.4, 0.5) is 0 Å². The lowest BCUT2D eigenvalue weighted by Gasteiger charge is -2.12.